The fourth-order valence-electron chi connectivity index (χ4n) is 2.78. The van der Waals surface area contributed by atoms with Crippen molar-refractivity contribution < 1.29 is 18.0 Å². The van der Waals surface area contributed by atoms with Crippen molar-refractivity contribution in [3.63, 3.8) is 0 Å². The van der Waals surface area contributed by atoms with Crippen LogP contribution in [0.25, 0.3) is 0 Å². The molecule has 6 nitrogen and oxygen atoms in total. The van der Waals surface area contributed by atoms with Crippen LogP contribution in [0.1, 0.15) is 37.4 Å². The van der Waals surface area contributed by atoms with E-state index in [0.717, 1.165) is 9.87 Å². The Labute approximate surface area is 147 Å². The van der Waals surface area contributed by atoms with E-state index in [2.05, 4.69) is 0 Å². The summed E-state index contributed by atoms with van der Waals surface area (Å²) in [6.07, 6.45) is 0. The fourth-order valence-corrected chi connectivity index (χ4v) is 4.31. The van der Waals surface area contributed by atoms with Crippen molar-refractivity contribution in [1.29, 1.82) is 0 Å². The number of rotatable bonds is 4. The summed E-state index contributed by atoms with van der Waals surface area (Å²) in [5, 5.41) is 0. The normalized spacial score (nSPS) is 11.2. The van der Waals surface area contributed by atoms with Crippen LogP contribution in [0.4, 0.5) is 0 Å². The molecule has 2 amide bonds. The molecule has 0 fully saturated rings. The third-order valence-electron chi connectivity index (χ3n) is 3.93. The summed E-state index contributed by atoms with van der Waals surface area (Å²) < 4.78 is 26.5. The van der Waals surface area contributed by atoms with Gasteiger partial charge in [0.15, 0.2) is 0 Å². The molecule has 2 aromatic carbocycles. The van der Waals surface area contributed by atoms with E-state index in [0.29, 0.717) is 11.1 Å². The molecule has 2 rings (SSSR count). The lowest BCUT2D eigenvalue weighted by atomic mass is 10.1. The van der Waals surface area contributed by atoms with Gasteiger partial charge in [0, 0.05) is 18.2 Å². The number of nitrogens with two attached hydrogens (primary N) is 1. The largest absolute Gasteiger partial charge is 0.366 e. The summed E-state index contributed by atoms with van der Waals surface area (Å²) in [5.74, 6) is -1.30. The highest BCUT2D eigenvalue weighted by Crippen LogP contribution is 2.25. The van der Waals surface area contributed by atoms with Crippen LogP contribution in [-0.2, 0) is 10.0 Å². The molecule has 0 saturated carbocycles. The molecule has 7 heteroatoms. The van der Waals surface area contributed by atoms with Crippen molar-refractivity contribution in [1.82, 2.24) is 4.31 Å². The van der Waals surface area contributed by atoms with Gasteiger partial charge in [0.2, 0.25) is 5.91 Å². The fraction of sp³-hybridized carbons (Fsp3) is 0.222. The van der Waals surface area contributed by atoms with Crippen molar-refractivity contribution in [2.24, 2.45) is 5.73 Å². The van der Waals surface area contributed by atoms with E-state index in [4.69, 9.17) is 5.73 Å². The van der Waals surface area contributed by atoms with Crippen LogP contribution in [0.2, 0.25) is 0 Å². The summed E-state index contributed by atoms with van der Waals surface area (Å²) in [4.78, 5) is 23.8. The Kier molecular flexibility index (Phi) is 4.99. The van der Waals surface area contributed by atoms with Gasteiger partial charge in [-0.15, -0.1) is 0 Å². The number of amides is 2. The molecule has 0 spiro atoms. The minimum Gasteiger partial charge on any atom is -0.366 e. The maximum absolute atomic E-state index is 12.9. The Morgan fingerprint density at radius 3 is 1.80 bits per heavy atom. The quantitative estimate of drug-likeness (QED) is 0.903. The van der Waals surface area contributed by atoms with E-state index in [1.54, 1.807) is 26.0 Å². The first-order chi connectivity index (χ1) is 11.6. The second-order valence-corrected chi connectivity index (χ2v) is 7.85. The van der Waals surface area contributed by atoms with E-state index in [9.17, 15) is 18.0 Å². The number of nitrogens with zero attached hydrogens (tertiary/aromatic N) is 1. The third kappa shape index (κ3) is 3.56. The maximum atomic E-state index is 12.9. The Morgan fingerprint density at radius 2 is 1.36 bits per heavy atom. The smallest absolute Gasteiger partial charge is 0.267 e. The maximum Gasteiger partial charge on any atom is 0.267 e. The summed E-state index contributed by atoms with van der Waals surface area (Å²) >= 11 is 0. The second-order valence-electron chi connectivity index (χ2n) is 5.95. The molecule has 0 aliphatic rings. The number of primary amides is 1. The molecule has 0 aromatic heterocycles. The minimum atomic E-state index is -4.00. The SMILES string of the molecule is Cc1cc(C)c(S(=O)(=O)N(C)C(=O)c2ccc(C(N)=O)cc2)c(C)c1. The van der Waals surface area contributed by atoms with Crippen molar-refractivity contribution in [3.8, 4) is 0 Å². The van der Waals surface area contributed by atoms with Crippen molar-refractivity contribution in [2.45, 2.75) is 25.7 Å². The third-order valence-corrected chi connectivity index (χ3v) is 5.97. The molecule has 0 radical (unpaired) electrons. The van der Waals surface area contributed by atoms with Crippen LogP contribution >= 0.6 is 0 Å². The first-order valence-electron chi connectivity index (χ1n) is 7.56. The van der Waals surface area contributed by atoms with Crippen molar-refractivity contribution >= 4 is 21.8 Å². The topological polar surface area (TPSA) is 97.5 Å². The number of hydrogen-bond donors (Lipinski definition) is 1. The van der Waals surface area contributed by atoms with Crippen LogP contribution in [0, 0.1) is 20.8 Å². The van der Waals surface area contributed by atoms with E-state index >= 15 is 0 Å². The number of hydrogen-bond acceptors (Lipinski definition) is 4. The van der Waals surface area contributed by atoms with Crippen molar-refractivity contribution in [2.75, 3.05) is 7.05 Å². The predicted octanol–water partition coefficient (Wildman–Crippen LogP) is 2.17. The monoisotopic (exact) mass is 360 g/mol. The predicted molar refractivity (Wildman–Crippen MR) is 94.9 cm³/mol. The summed E-state index contributed by atoms with van der Waals surface area (Å²) in [7, 11) is -2.78. The highest BCUT2D eigenvalue weighted by molar-refractivity contribution is 7.89. The van der Waals surface area contributed by atoms with Gasteiger partial charge in [-0.3, -0.25) is 9.59 Å². The van der Waals surface area contributed by atoms with Gasteiger partial charge in [0.1, 0.15) is 0 Å². The lowest BCUT2D eigenvalue weighted by Crippen LogP contribution is -2.34. The Bertz CT molecular complexity index is 925. The number of sulfonamides is 1. The van der Waals surface area contributed by atoms with Crippen LogP contribution in [0.5, 0.6) is 0 Å². The van der Waals surface area contributed by atoms with E-state index < -0.39 is 21.8 Å². The van der Waals surface area contributed by atoms with Gasteiger partial charge in [-0.05, 0) is 56.2 Å². The van der Waals surface area contributed by atoms with Gasteiger partial charge in [0.05, 0.1) is 4.90 Å². The molecule has 2 aromatic rings. The Balaban J connectivity index is 2.43. The van der Waals surface area contributed by atoms with Gasteiger partial charge in [0.25, 0.3) is 15.9 Å². The molecule has 0 aliphatic heterocycles. The van der Waals surface area contributed by atoms with Crippen LogP contribution in [0.15, 0.2) is 41.3 Å². The van der Waals surface area contributed by atoms with E-state index in [1.165, 1.54) is 31.3 Å². The lowest BCUT2D eigenvalue weighted by Gasteiger charge is -2.21. The molecule has 0 heterocycles. The molecule has 2 N–H and O–H groups in total. The highest BCUT2D eigenvalue weighted by atomic mass is 32.2. The van der Waals surface area contributed by atoms with Gasteiger partial charge in [-0.2, -0.15) is 0 Å². The summed E-state index contributed by atoms with van der Waals surface area (Å²) in [5.41, 5.74) is 7.67. The Morgan fingerprint density at radius 1 is 0.920 bits per heavy atom. The Hall–Kier alpha value is -2.67. The molecule has 25 heavy (non-hydrogen) atoms. The van der Waals surface area contributed by atoms with Crippen LogP contribution in [0.3, 0.4) is 0 Å². The first kappa shape index (κ1) is 18.7. The number of aryl methyl sites for hydroxylation is 3. The molecule has 0 saturated heterocycles. The number of carbonyl (C=O) groups excluding carboxylic acids is 2. The molecule has 0 unspecified atom stereocenters. The second kappa shape index (κ2) is 6.68. The molecule has 0 bridgehead atoms. The van der Waals surface area contributed by atoms with Crippen LogP contribution in [-0.4, -0.2) is 31.6 Å². The van der Waals surface area contributed by atoms with E-state index in [1.807, 2.05) is 6.92 Å². The van der Waals surface area contributed by atoms with Gasteiger partial charge in [-0.25, -0.2) is 12.7 Å². The zero-order chi connectivity index (χ0) is 18.9. The average molecular weight is 360 g/mol. The molecule has 0 aliphatic carbocycles. The number of carbonyl (C=O) groups is 2. The summed E-state index contributed by atoms with van der Waals surface area (Å²) in [6, 6.07) is 9.06. The lowest BCUT2D eigenvalue weighted by molar-refractivity contribution is 0.0881. The molecular weight excluding hydrogens is 340 g/mol. The zero-order valence-electron chi connectivity index (χ0n) is 14.5. The van der Waals surface area contributed by atoms with Gasteiger partial charge < -0.3 is 5.73 Å². The molecule has 0 atom stereocenters. The zero-order valence-corrected chi connectivity index (χ0v) is 15.3. The molecular formula is C18H20N2O4S. The van der Waals surface area contributed by atoms with Crippen LogP contribution < -0.4 is 5.73 Å². The van der Waals surface area contributed by atoms with Gasteiger partial charge in [-0.1, -0.05) is 17.7 Å². The minimum absolute atomic E-state index is 0.128. The standard InChI is InChI=1S/C18H20N2O4S/c1-11-9-12(2)16(13(3)10-11)25(23,24)20(4)18(22)15-7-5-14(6-8-15)17(19)21/h5-10H,1-4H3,(H2,19,21). The average Bonchev–Trinajstić information content (AvgIpc) is 2.52. The highest BCUT2D eigenvalue weighted by Gasteiger charge is 2.29. The first-order valence-corrected chi connectivity index (χ1v) is 9.00. The summed E-state index contributed by atoms with van der Waals surface area (Å²) in [6.45, 7) is 5.28. The number of benzene rings is 2. The molecule has 132 valence electrons. The van der Waals surface area contributed by atoms with E-state index in [-0.39, 0.29) is 16.0 Å². The van der Waals surface area contributed by atoms with Gasteiger partial charge >= 0.3 is 0 Å². The van der Waals surface area contributed by atoms with Crippen molar-refractivity contribution in [3.05, 3.63) is 64.2 Å².